The van der Waals surface area contributed by atoms with Crippen molar-refractivity contribution in [3.63, 3.8) is 0 Å². The number of ether oxygens (including phenoxy) is 2. The third-order valence-electron chi connectivity index (χ3n) is 10.7. The number of likely N-dealkylation sites (N-methyl/N-ethyl adjacent to an activating group) is 1. The van der Waals surface area contributed by atoms with Crippen molar-refractivity contribution in [3.8, 4) is 0 Å². The second kappa shape index (κ2) is 14.1. The summed E-state index contributed by atoms with van der Waals surface area (Å²) in [5, 5.41) is 10.9. The molecule has 5 bridgehead atoms. The van der Waals surface area contributed by atoms with E-state index in [9.17, 15) is 19.5 Å². The summed E-state index contributed by atoms with van der Waals surface area (Å²) in [6.45, 7) is 7.43. The van der Waals surface area contributed by atoms with E-state index < -0.39 is 71.8 Å². The quantitative estimate of drug-likeness (QED) is 0.352. The molecule has 2 fully saturated rings. The summed E-state index contributed by atoms with van der Waals surface area (Å²) in [6.07, 6.45) is 4.83. The largest absolute Gasteiger partial charge is 0.455 e. The number of esters is 1. The van der Waals surface area contributed by atoms with E-state index in [2.05, 4.69) is 15.9 Å². The van der Waals surface area contributed by atoms with E-state index in [1.54, 1.807) is 22.9 Å². The zero-order valence-corrected chi connectivity index (χ0v) is 30.8. The van der Waals surface area contributed by atoms with Crippen LogP contribution >= 0.6 is 15.9 Å². The summed E-state index contributed by atoms with van der Waals surface area (Å²) in [5.41, 5.74) is -0.573. The number of allylic oxidation sites excluding steroid dienone is 1. The van der Waals surface area contributed by atoms with E-state index >= 15 is 4.79 Å². The molecule has 2 aromatic rings. The van der Waals surface area contributed by atoms with Crippen molar-refractivity contribution in [2.75, 3.05) is 20.2 Å². The number of likely N-dealkylation sites (tertiary alicyclic amines) is 1. The number of rotatable bonds is 5. The monoisotopic (exact) mass is 747 g/mol. The number of carbonyl (C=O) groups is 4. The summed E-state index contributed by atoms with van der Waals surface area (Å²) in [7, 11) is 1.70. The molecule has 10 nitrogen and oxygen atoms in total. The predicted molar refractivity (Wildman–Crippen MR) is 191 cm³/mol. The van der Waals surface area contributed by atoms with E-state index in [0.717, 1.165) is 5.56 Å². The van der Waals surface area contributed by atoms with Crippen molar-refractivity contribution in [2.45, 2.75) is 88.4 Å². The molecule has 50 heavy (non-hydrogen) atoms. The van der Waals surface area contributed by atoms with Gasteiger partial charge in [-0.1, -0.05) is 88.7 Å². The summed E-state index contributed by atoms with van der Waals surface area (Å²) in [6, 6.07) is 16.3. The van der Waals surface area contributed by atoms with Gasteiger partial charge in [0.2, 0.25) is 17.7 Å². The van der Waals surface area contributed by atoms with Gasteiger partial charge in [-0.2, -0.15) is 0 Å². The van der Waals surface area contributed by atoms with Crippen LogP contribution in [0.3, 0.4) is 0 Å². The number of benzene rings is 2. The van der Waals surface area contributed by atoms with Crippen molar-refractivity contribution in [1.82, 2.24) is 14.7 Å². The molecule has 2 aromatic carbocycles. The van der Waals surface area contributed by atoms with Crippen LogP contribution in [0.5, 0.6) is 0 Å². The molecule has 3 amide bonds. The van der Waals surface area contributed by atoms with Crippen LogP contribution in [0.4, 0.5) is 0 Å². The van der Waals surface area contributed by atoms with Crippen LogP contribution < -0.4 is 0 Å². The Balaban J connectivity index is 1.50. The molecule has 266 valence electrons. The number of carbonyl (C=O) groups excluding carboxylic acids is 4. The summed E-state index contributed by atoms with van der Waals surface area (Å²) < 4.78 is 13.6. The highest BCUT2D eigenvalue weighted by Gasteiger charge is 2.75. The van der Waals surface area contributed by atoms with Gasteiger partial charge in [-0.3, -0.25) is 19.2 Å². The molecule has 0 saturated carbocycles. The molecule has 6 rings (SSSR count). The second-order valence-corrected chi connectivity index (χ2v) is 15.7. The van der Waals surface area contributed by atoms with Crippen molar-refractivity contribution < 1.29 is 33.8 Å². The van der Waals surface area contributed by atoms with Gasteiger partial charge in [0, 0.05) is 30.0 Å². The molecule has 0 aliphatic carbocycles. The fourth-order valence-corrected chi connectivity index (χ4v) is 8.72. The molecule has 4 heterocycles. The number of aliphatic hydroxyl groups is 1. The van der Waals surface area contributed by atoms with E-state index in [1.807, 2.05) is 101 Å². The summed E-state index contributed by atoms with van der Waals surface area (Å²) in [5.74, 6) is -3.74. The number of nitrogens with zero attached hydrogens (tertiary/aromatic N) is 3. The molecule has 1 N–H and O–H groups in total. The van der Waals surface area contributed by atoms with Gasteiger partial charge in [-0.15, -0.1) is 0 Å². The minimum atomic E-state index is -1.49. The second-order valence-electron chi connectivity index (χ2n) is 14.7. The molecule has 11 heteroatoms. The lowest BCUT2D eigenvalue weighted by atomic mass is 9.74. The smallest absolute Gasteiger partial charge is 0.313 e. The summed E-state index contributed by atoms with van der Waals surface area (Å²) in [4.78, 5) is 62.7. The first-order chi connectivity index (χ1) is 23.8. The van der Waals surface area contributed by atoms with Crippen LogP contribution in [-0.2, 0) is 35.1 Å². The Morgan fingerprint density at radius 1 is 0.960 bits per heavy atom. The highest BCUT2D eigenvalue weighted by molar-refractivity contribution is 9.11. The number of cyclic esters (lactones) is 1. The number of hydrogen-bond acceptors (Lipinski definition) is 7. The SMILES string of the molecule is C[C@H]1[C@H](c2ccccc2)OC(=O)[C@H]2[C@@H]3O[C@@]4(C=C3Br)[C@@H]2C(=O)N([C@@H](CO)Cc2ccccc2)[C@@H]4C(=O)N(C(C)(C)C)C/C=C\CCC(=O)N1C. The van der Waals surface area contributed by atoms with Gasteiger partial charge in [0.25, 0.3) is 0 Å². The maximum Gasteiger partial charge on any atom is 0.313 e. The minimum absolute atomic E-state index is 0.113. The average Bonchev–Trinajstić information content (AvgIpc) is 3.69. The molecule has 0 aromatic heterocycles. The highest BCUT2D eigenvalue weighted by atomic mass is 79.9. The average molecular weight is 749 g/mol. The van der Waals surface area contributed by atoms with Crippen LogP contribution in [0.1, 0.15) is 57.8 Å². The fourth-order valence-electron chi connectivity index (χ4n) is 7.98. The Kier molecular flexibility index (Phi) is 10.1. The first kappa shape index (κ1) is 36.0. The topological polar surface area (TPSA) is 117 Å². The predicted octanol–water partition coefficient (Wildman–Crippen LogP) is 4.57. The zero-order chi connectivity index (χ0) is 36.0. The third kappa shape index (κ3) is 6.32. The Bertz CT molecular complexity index is 1680. The van der Waals surface area contributed by atoms with Crippen LogP contribution in [0.2, 0.25) is 0 Å². The van der Waals surface area contributed by atoms with Crippen LogP contribution in [-0.4, -0.2) is 99.1 Å². The highest BCUT2D eigenvalue weighted by Crippen LogP contribution is 2.59. The number of halogens is 1. The number of aliphatic hydroxyl groups excluding tert-OH is 1. The van der Waals surface area contributed by atoms with Crippen molar-refractivity contribution in [1.29, 1.82) is 0 Å². The first-order valence-corrected chi connectivity index (χ1v) is 18.1. The van der Waals surface area contributed by atoms with Gasteiger partial charge in [0.15, 0.2) is 0 Å². The van der Waals surface area contributed by atoms with Crippen molar-refractivity contribution >= 4 is 39.6 Å². The molecule has 2 saturated heterocycles. The lowest BCUT2D eigenvalue weighted by Gasteiger charge is -2.43. The number of hydrogen-bond donors (Lipinski definition) is 1. The maximum atomic E-state index is 15.1. The van der Waals surface area contributed by atoms with Gasteiger partial charge in [0.05, 0.1) is 24.6 Å². The molecule has 8 atom stereocenters. The van der Waals surface area contributed by atoms with Crippen molar-refractivity contribution in [3.05, 3.63) is 94.5 Å². The lowest BCUT2D eigenvalue weighted by molar-refractivity contribution is -0.164. The van der Waals surface area contributed by atoms with Crippen LogP contribution in [0.15, 0.2) is 83.4 Å². The van der Waals surface area contributed by atoms with Gasteiger partial charge in [-0.25, -0.2) is 0 Å². The molecule has 4 aliphatic heterocycles. The van der Waals surface area contributed by atoms with Gasteiger partial charge in [-0.05, 0) is 57.7 Å². The van der Waals surface area contributed by atoms with Gasteiger partial charge >= 0.3 is 5.97 Å². The van der Waals surface area contributed by atoms with E-state index in [0.29, 0.717) is 22.9 Å². The van der Waals surface area contributed by atoms with E-state index in [-0.39, 0.29) is 24.8 Å². The van der Waals surface area contributed by atoms with Gasteiger partial charge < -0.3 is 29.3 Å². The first-order valence-electron chi connectivity index (χ1n) is 17.3. The van der Waals surface area contributed by atoms with Crippen molar-refractivity contribution in [2.24, 2.45) is 11.8 Å². The number of fused-ring (bicyclic) bond motifs is 2. The summed E-state index contributed by atoms with van der Waals surface area (Å²) >= 11 is 3.63. The molecule has 0 unspecified atom stereocenters. The van der Waals surface area contributed by atoms with Crippen LogP contribution in [0.25, 0.3) is 0 Å². The van der Waals surface area contributed by atoms with Gasteiger partial charge in [0.1, 0.15) is 29.8 Å². The fraction of sp³-hybridized carbons (Fsp3) is 0.487. The third-order valence-corrected chi connectivity index (χ3v) is 11.3. The van der Waals surface area contributed by atoms with Crippen LogP contribution in [0, 0.1) is 11.8 Å². The molecular weight excluding hydrogens is 702 g/mol. The molecule has 1 spiro atoms. The molecule has 4 aliphatic rings. The minimum Gasteiger partial charge on any atom is -0.455 e. The Morgan fingerprint density at radius 2 is 1.62 bits per heavy atom. The normalized spacial score (nSPS) is 31.8. The van der Waals surface area contributed by atoms with E-state index in [1.165, 1.54) is 4.90 Å². The zero-order valence-electron chi connectivity index (χ0n) is 29.2. The molecule has 0 radical (unpaired) electrons. The number of amides is 3. The Labute approximate surface area is 302 Å². The standard InChI is InChI=1S/C39H46BrN3O7/c1-24-32(26-17-11-7-12-18-26)49-37(48)30-31-35(46)43(27(23-44)21-25-15-9-6-10-16-25)34(39(31)22-28(40)33(30)50-39)36(47)42(38(2,3)4)20-14-8-13-19-29(45)41(24)5/h6-12,14-18,22,24,27,30-34,44H,13,19-21,23H2,1-5H3/b14-8-/t24-,27+,30+,31-,32+,33+,34+,39-/m0/s1. The van der Waals surface area contributed by atoms with E-state index in [4.69, 9.17) is 9.47 Å². The maximum absolute atomic E-state index is 15.1. The molecular formula is C39H46BrN3O7. The lowest BCUT2D eigenvalue weighted by Crippen LogP contribution is -2.61. The Morgan fingerprint density at radius 3 is 2.26 bits per heavy atom. The Hall–Kier alpha value is -3.80.